The molecule has 0 saturated carbocycles. The lowest BCUT2D eigenvalue weighted by atomic mass is 9.71. The molecule has 8 nitrogen and oxygen atoms in total. The van der Waals surface area contributed by atoms with Crippen molar-refractivity contribution in [2.45, 2.75) is 31.5 Å². The Labute approximate surface area is 191 Å². The summed E-state index contributed by atoms with van der Waals surface area (Å²) in [5.41, 5.74) is 1.78. The number of aliphatic hydroxyl groups is 3. The average molecular weight is 456 g/mol. The molecule has 1 aliphatic carbocycles. The zero-order chi connectivity index (χ0) is 23.8. The van der Waals surface area contributed by atoms with Gasteiger partial charge in [-0.3, -0.25) is 4.79 Å². The summed E-state index contributed by atoms with van der Waals surface area (Å²) in [4.78, 5) is 13.4. The van der Waals surface area contributed by atoms with Crippen molar-refractivity contribution in [3.63, 3.8) is 0 Å². The maximum Gasteiger partial charge on any atom is 0.197 e. The van der Waals surface area contributed by atoms with E-state index in [1.54, 1.807) is 31.4 Å². The van der Waals surface area contributed by atoms with Gasteiger partial charge in [0.05, 0.1) is 18.8 Å². The number of carbonyl (C=O) groups excluding carboxylic acids is 1. The molecule has 0 fully saturated rings. The first-order chi connectivity index (χ1) is 15.8. The highest BCUT2D eigenvalue weighted by atomic mass is 16.5. The van der Waals surface area contributed by atoms with E-state index >= 15 is 0 Å². The van der Waals surface area contributed by atoms with Gasteiger partial charge >= 0.3 is 0 Å². The molecule has 33 heavy (non-hydrogen) atoms. The van der Waals surface area contributed by atoms with Gasteiger partial charge in [0, 0.05) is 29.5 Å². The fourth-order valence-electron chi connectivity index (χ4n) is 4.07. The minimum absolute atomic E-state index is 0.131. The van der Waals surface area contributed by atoms with Crippen molar-refractivity contribution in [3.8, 4) is 11.5 Å². The van der Waals surface area contributed by atoms with Crippen molar-refractivity contribution in [2.24, 2.45) is 0 Å². The van der Waals surface area contributed by atoms with E-state index in [0.717, 1.165) is 10.9 Å². The van der Waals surface area contributed by atoms with E-state index in [4.69, 9.17) is 23.7 Å². The number of aliphatic hydroxyl groups excluding tert-OH is 3. The van der Waals surface area contributed by atoms with Gasteiger partial charge in [-0.25, -0.2) is 0 Å². The molecule has 1 aliphatic rings. The molecule has 1 unspecified atom stereocenters. The summed E-state index contributed by atoms with van der Waals surface area (Å²) in [6.07, 6.45) is -2.52. The van der Waals surface area contributed by atoms with Crippen molar-refractivity contribution in [1.82, 2.24) is 0 Å². The van der Waals surface area contributed by atoms with Gasteiger partial charge in [0.1, 0.15) is 48.3 Å². The number of furan rings is 1. The van der Waals surface area contributed by atoms with Crippen molar-refractivity contribution < 1.29 is 38.7 Å². The van der Waals surface area contributed by atoms with Crippen LogP contribution >= 0.6 is 0 Å². The van der Waals surface area contributed by atoms with E-state index in [2.05, 4.69) is 0 Å². The number of rotatable bonds is 9. The molecular weight excluding hydrogens is 428 g/mol. The first-order valence-electron chi connectivity index (χ1n) is 10.8. The number of methoxy groups -OCH3 is 1. The lowest BCUT2D eigenvalue weighted by molar-refractivity contribution is -0.0339. The summed E-state index contributed by atoms with van der Waals surface area (Å²) < 4.78 is 22.5. The second-order valence-electron chi connectivity index (χ2n) is 8.60. The van der Waals surface area contributed by atoms with E-state index in [0.29, 0.717) is 47.2 Å². The van der Waals surface area contributed by atoms with Crippen LogP contribution in [0.15, 0.2) is 40.8 Å². The largest absolute Gasteiger partial charge is 0.491 e. The molecule has 0 bridgehead atoms. The molecule has 0 saturated heterocycles. The first-order valence-corrected chi connectivity index (χ1v) is 10.8. The summed E-state index contributed by atoms with van der Waals surface area (Å²) >= 11 is 0. The molecule has 1 aromatic heterocycles. The molecular formula is C25H28O8. The summed E-state index contributed by atoms with van der Waals surface area (Å²) in [5, 5.41) is 29.0. The van der Waals surface area contributed by atoms with Crippen LogP contribution in [0.25, 0.3) is 11.0 Å². The Balaban J connectivity index is 1.67. The van der Waals surface area contributed by atoms with Crippen LogP contribution in [-0.2, 0) is 10.2 Å². The Morgan fingerprint density at radius 3 is 2.45 bits per heavy atom. The van der Waals surface area contributed by atoms with Gasteiger partial charge in [0.2, 0.25) is 0 Å². The fourth-order valence-corrected chi connectivity index (χ4v) is 4.07. The molecule has 3 N–H and O–H groups in total. The van der Waals surface area contributed by atoms with Crippen LogP contribution in [0, 0.1) is 0 Å². The van der Waals surface area contributed by atoms with Crippen molar-refractivity contribution in [1.29, 1.82) is 0 Å². The molecule has 3 aromatic rings. The number of hydrogen-bond acceptors (Lipinski definition) is 8. The third-order valence-electron chi connectivity index (χ3n) is 5.97. The monoisotopic (exact) mass is 456 g/mol. The van der Waals surface area contributed by atoms with Gasteiger partial charge < -0.3 is 33.9 Å². The number of ether oxygens (including phenoxy) is 3. The van der Waals surface area contributed by atoms with Crippen LogP contribution in [-0.4, -0.2) is 66.8 Å². The van der Waals surface area contributed by atoms with Crippen LogP contribution in [0.3, 0.4) is 0 Å². The lowest BCUT2D eigenvalue weighted by Gasteiger charge is -2.31. The highest BCUT2D eigenvalue weighted by Gasteiger charge is 2.41. The predicted molar refractivity (Wildman–Crippen MR) is 120 cm³/mol. The third kappa shape index (κ3) is 4.22. The van der Waals surface area contributed by atoms with Crippen LogP contribution < -0.4 is 9.47 Å². The summed E-state index contributed by atoms with van der Waals surface area (Å²) in [6, 6.07) is 10.5. The Morgan fingerprint density at radius 1 is 1.00 bits per heavy atom. The number of carbonyl (C=O) groups is 1. The highest BCUT2D eigenvalue weighted by molar-refractivity contribution is 6.19. The van der Waals surface area contributed by atoms with Gasteiger partial charge in [-0.2, -0.15) is 0 Å². The van der Waals surface area contributed by atoms with E-state index in [1.807, 2.05) is 26.0 Å². The Morgan fingerprint density at radius 2 is 1.73 bits per heavy atom. The Hall–Kier alpha value is -2.91. The molecule has 176 valence electrons. The SMILES string of the molecule is COCCOc1ccc2c3c(oc2c1)C(C)(C)c1cc(OCC(O)[C@H](O)CO)ccc1C3=O. The van der Waals surface area contributed by atoms with E-state index in [1.165, 1.54) is 0 Å². The van der Waals surface area contributed by atoms with Crippen molar-refractivity contribution in [2.75, 3.05) is 33.5 Å². The Kier molecular flexibility index (Phi) is 6.45. The molecule has 0 aliphatic heterocycles. The quantitative estimate of drug-likeness (QED) is 0.420. The average Bonchev–Trinajstić information content (AvgIpc) is 3.21. The van der Waals surface area contributed by atoms with Gasteiger partial charge in [0.25, 0.3) is 0 Å². The summed E-state index contributed by atoms with van der Waals surface area (Å²) in [7, 11) is 1.61. The molecule has 0 amide bonds. The minimum Gasteiger partial charge on any atom is -0.491 e. The normalized spacial score (nSPS) is 16.2. The summed E-state index contributed by atoms with van der Waals surface area (Å²) in [6.45, 7) is 4.06. The molecule has 0 spiro atoms. The zero-order valence-electron chi connectivity index (χ0n) is 18.8. The van der Waals surface area contributed by atoms with Crippen molar-refractivity contribution >= 4 is 16.8 Å². The number of benzene rings is 2. The molecule has 2 aromatic carbocycles. The van der Waals surface area contributed by atoms with Crippen LogP contribution in [0.1, 0.15) is 41.1 Å². The Bertz CT molecular complexity index is 1160. The van der Waals surface area contributed by atoms with E-state index in [-0.39, 0.29) is 12.4 Å². The summed E-state index contributed by atoms with van der Waals surface area (Å²) in [5.74, 6) is 1.50. The van der Waals surface area contributed by atoms with Gasteiger partial charge in [-0.05, 0) is 49.7 Å². The van der Waals surface area contributed by atoms with Gasteiger partial charge in [0.15, 0.2) is 5.78 Å². The fraction of sp³-hybridized carbons (Fsp3) is 0.400. The molecule has 0 radical (unpaired) electrons. The van der Waals surface area contributed by atoms with E-state index < -0.39 is 24.2 Å². The number of hydrogen-bond donors (Lipinski definition) is 3. The topological polar surface area (TPSA) is 119 Å². The molecule has 1 heterocycles. The van der Waals surface area contributed by atoms with Crippen LogP contribution in [0.2, 0.25) is 0 Å². The molecule has 8 heteroatoms. The second kappa shape index (κ2) is 9.15. The molecule has 2 atom stereocenters. The zero-order valence-corrected chi connectivity index (χ0v) is 18.8. The maximum atomic E-state index is 13.4. The van der Waals surface area contributed by atoms with Gasteiger partial charge in [-0.1, -0.05) is 0 Å². The lowest BCUT2D eigenvalue weighted by Crippen LogP contribution is -2.34. The number of fused-ring (bicyclic) bond motifs is 4. The van der Waals surface area contributed by atoms with Crippen molar-refractivity contribution in [3.05, 3.63) is 58.8 Å². The molecule has 4 rings (SSSR count). The predicted octanol–water partition coefficient (Wildman–Crippen LogP) is 2.42. The highest BCUT2D eigenvalue weighted by Crippen LogP contribution is 2.46. The first kappa shape index (κ1) is 23.3. The maximum absolute atomic E-state index is 13.4. The smallest absolute Gasteiger partial charge is 0.197 e. The third-order valence-corrected chi connectivity index (χ3v) is 5.97. The van der Waals surface area contributed by atoms with Gasteiger partial charge in [-0.15, -0.1) is 0 Å². The second-order valence-corrected chi connectivity index (χ2v) is 8.60. The van der Waals surface area contributed by atoms with Crippen LogP contribution in [0.4, 0.5) is 0 Å². The van der Waals surface area contributed by atoms with Crippen LogP contribution in [0.5, 0.6) is 11.5 Å². The minimum atomic E-state index is -1.29. The van der Waals surface area contributed by atoms with E-state index in [9.17, 15) is 15.0 Å². The number of ketones is 1. The standard InChI is InChI=1S/C25H28O8/c1-25(2)18-10-14(32-13-20(28)19(27)12-26)4-6-16(18)23(29)22-17-7-5-15(31-9-8-30-3)11-21(17)33-24(22)25/h4-7,10-11,19-20,26-28H,8-9,12-13H2,1-3H3/t19-,20?/m1/s1.